The molecule has 0 aliphatic heterocycles. The van der Waals surface area contributed by atoms with Crippen molar-refractivity contribution in [2.24, 2.45) is 5.92 Å². The van der Waals surface area contributed by atoms with E-state index in [1.807, 2.05) is 6.07 Å². The smallest absolute Gasteiger partial charge is 0.119 e. The predicted octanol–water partition coefficient (Wildman–Crippen LogP) is 4.90. The highest BCUT2D eigenvalue weighted by Crippen LogP contribution is 2.31. The first-order valence-corrected chi connectivity index (χ1v) is 7.10. The van der Waals surface area contributed by atoms with Gasteiger partial charge in [0.15, 0.2) is 0 Å². The second kappa shape index (κ2) is 5.15. The molecule has 0 N–H and O–H groups in total. The van der Waals surface area contributed by atoms with Crippen LogP contribution in [0.2, 0.25) is 0 Å². The number of hydrogen-bond acceptors (Lipinski definition) is 1. The molecule has 1 nitrogen and oxygen atoms in total. The summed E-state index contributed by atoms with van der Waals surface area (Å²) in [5.41, 5.74) is 2.42. The van der Waals surface area contributed by atoms with Gasteiger partial charge in [-0.3, -0.25) is 0 Å². The second-order valence-electron chi connectivity index (χ2n) is 4.76. The zero-order valence-corrected chi connectivity index (χ0v) is 11.7. The molecule has 0 heterocycles. The average molecular weight is 303 g/mol. The molecule has 0 spiro atoms. The van der Waals surface area contributed by atoms with Gasteiger partial charge in [0.05, 0.1) is 6.61 Å². The van der Waals surface area contributed by atoms with Crippen LogP contribution in [0.25, 0.3) is 11.1 Å². The predicted molar refractivity (Wildman–Crippen MR) is 77.8 cm³/mol. The quantitative estimate of drug-likeness (QED) is 0.780. The van der Waals surface area contributed by atoms with Gasteiger partial charge in [0.1, 0.15) is 5.75 Å². The summed E-state index contributed by atoms with van der Waals surface area (Å²) in [7, 11) is 0. The molecule has 3 rings (SSSR count). The lowest BCUT2D eigenvalue weighted by atomic mass is 10.1. The van der Waals surface area contributed by atoms with Gasteiger partial charge >= 0.3 is 0 Å². The zero-order chi connectivity index (χ0) is 12.4. The van der Waals surface area contributed by atoms with E-state index < -0.39 is 0 Å². The van der Waals surface area contributed by atoms with Crippen LogP contribution < -0.4 is 4.74 Å². The van der Waals surface area contributed by atoms with Gasteiger partial charge < -0.3 is 4.74 Å². The van der Waals surface area contributed by atoms with Crippen molar-refractivity contribution in [1.29, 1.82) is 0 Å². The molecule has 0 bridgehead atoms. The third kappa shape index (κ3) is 2.75. The SMILES string of the molecule is Brc1ccccc1-c1ccc(OCC2CC2)cc1. The van der Waals surface area contributed by atoms with E-state index in [-0.39, 0.29) is 0 Å². The van der Waals surface area contributed by atoms with Gasteiger partial charge in [-0.25, -0.2) is 0 Å². The van der Waals surface area contributed by atoms with Crippen LogP contribution in [0.4, 0.5) is 0 Å². The van der Waals surface area contributed by atoms with E-state index >= 15 is 0 Å². The standard InChI is InChI=1S/C16H15BrO/c17-16-4-2-1-3-15(16)13-7-9-14(10-8-13)18-11-12-5-6-12/h1-4,7-10,12H,5-6,11H2. The van der Waals surface area contributed by atoms with Crippen molar-refractivity contribution < 1.29 is 4.74 Å². The van der Waals surface area contributed by atoms with Gasteiger partial charge in [-0.15, -0.1) is 0 Å². The van der Waals surface area contributed by atoms with Gasteiger partial charge in [0.2, 0.25) is 0 Å². The molecule has 92 valence electrons. The van der Waals surface area contributed by atoms with Gasteiger partial charge in [-0.2, -0.15) is 0 Å². The maximum Gasteiger partial charge on any atom is 0.119 e. The van der Waals surface area contributed by atoms with Gasteiger partial charge in [-0.05, 0) is 48.1 Å². The molecule has 2 aromatic carbocycles. The Morgan fingerprint density at radius 1 is 1.00 bits per heavy atom. The fourth-order valence-corrected chi connectivity index (χ4v) is 2.44. The van der Waals surface area contributed by atoms with Gasteiger partial charge in [0.25, 0.3) is 0 Å². The highest BCUT2D eigenvalue weighted by atomic mass is 79.9. The minimum Gasteiger partial charge on any atom is -0.493 e. The molecule has 1 fully saturated rings. The Balaban J connectivity index is 1.75. The molecule has 2 heteroatoms. The first-order chi connectivity index (χ1) is 8.83. The third-order valence-electron chi connectivity index (χ3n) is 3.22. The van der Waals surface area contributed by atoms with E-state index in [0.717, 1.165) is 22.7 Å². The van der Waals surface area contributed by atoms with Crippen molar-refractivity contribution in [1.82, 2.24) is 0 Å². The number of benzene rings is 2. The molecule has 0 saturated heterocycles. The highest BCUT2D eigenvalue weighted by Gasteiger charge is 2.21. The fraction of sp³-hybridized carbons (Fsp3) is 0.250. The lowest BCUT2D eigenvalue weighted by molar-refractivity contribution is 0.300. The number of ether oxygens (including phenoxy) is 1. The van der Waals surface area contributed by atoms with Gasteiger partial charge in [-0.1, -0.05) is 46.3 Å². The van der Waals surface area contributed by atoms with Crippen LogP contribution in [0.15, 0.2) is 53.0 Å². The lowest BCUT2D eigenvalue weighted by Gasteiger charge is -2.07. The van der Waals surface area contributed by atoms with Crippen LogP contribution >= 0.6 is 15.9 Å². The fourth-order valence-electron chi connectivity index (χ4n) is 1.92. The molecule has 0 unspecified atom stereocenters. The van der Waals surface area contributed by atoms with Crippen LogP contribution in [0.1, 0.15) is 12.8 Å². The molecule has 0 radical (unpaired) electrons. The van der Waals surface area contributed by atoms with Crippen molar-refractivity contribution in [3.8, 4) is 16.9 Å². The van der Waals surface area contributed by atoms with Crippen LogP contribution in [-0.2, 0) is 0 Å². The van der Waals surface area contributed by atoms with Crippen LogP contribution in [0.3, 0.4) is 0 Å². The van der Waals surface area contributed by atoms with E-state index in [0.29, 0.717) is 0 Å². The van der Waals surface area contributed by atoms with Crippen molar-refractivity contribution >= 4 is 15.9 Å². The summed E-state index contributed by atoms with van der Waals surface area (Å²) in [6, 6.07) is 16.6. The van der Waals surface area contributed by atoms with Gasteiger partial charge in [0, 0.05) is 4.47 Å². The maximum absolute atomic E-state index is 5.74. The summed E-state index contributed by atoms with van der Waals surface area (Å²) in [6.07, 6.45) is 2.66. The molecule has 1 aliphatic carbocycles. The maximum atomic E-state index is 5.74. The van der Waals surface area contributed by atoms with E-state index in [2.05, 4.69) is 58.4 Å². The Morgan fingerprint density at radius 3 is 2.39 bits per heavy atom. The van der Waals surface area contributed by atoms with Crippen molar-refractivity contribution in [2.75, 3.05) is 6.61 Å². The molecule has 2 aromatic rings. The Labute approximate surface area is 116 Å². The topological polar surface area (TPSA) is 9.23 Å². The number of halogens is 1. The summed E-state index contributed by atoms with van der Waals surface area (Å²) in [5, 5.41) is 0. The minimum absolute atomic E-state index is 0.799. The molecule has 0 aromatic heterocycles. The summed E-state index contributed by atoms with van der Waals surface area (Å²) in [6.45, 7) is 0.869. The van der Waals surface area contributed by atoms with E-state index in [4.69, 9.17) is 4.74 Å². The second-order valence-corrected chi connectivity index (χ2v) is 5.61. The first-order valence-electron chi connectivity index (χ1n) is 6.31. The zero-order valence-electron chi connectivity index (χ0n) is 10.1. The summed E-state index contributed by atoms with van der Waals surface area (Å²) < 4.78 is 6.86. The molecule has 18 heavy (non-hydrogen) atoms. The van der Waals surface area contributed by atoms with Crippen molar-refractivity contribution in [3.05, 3.63) is 53.0 Å². The first kappa shape index (κ1) is 11.8. The van der Waals surface area contributed by atoms with Crippen LogP contribution in [0, 0.1) is 5.92 Å². The molecule has 1 saturated carbocycles. The van der Waals surface area contributed by atoms with E-state index in [9.17, 15) is 0 Å². The molecular formula is C16H15BrO. The largest absolute Gasteiger partial charge is 0.493 e. The third-order valence-corrected chi connectivity index (χ3v) is 3.91. The Bertz CT molecular complexity index is 529. The summed E-state index contributed by atoms with van der Waals surface area (Å²) in [4.78, 5) is 0. The molecule has 1 aliphatic rings. The normalized spacial score (nSPS) is 14.5. The van der Waals surface area contributed by atoms with E-state index in [1.54, 1.807) is 0 Å². The minimum atomic E-state index is 0.799. The molecular weight excluding hydrogens is 288 g/mol. The van der Waals surface area contributed by atoms with E-state index in [1.165, 1.54) is 24.0 Å². The average Bonchev–Trinajstić information content (AvgIpc) is 3.22. The Morgan fingerprint density at radius 2 is 1.72 bits per heavy atom. The van der Waals surface area contributed by atoms with Crippen molar-refractivity contribution in [2.45, 2.75) is 12.8 Å². The van der Waals surface area contributed by atoms with Crippen LogP contribution in [-0.4, -0.2) is 6.61 Å². The number of rotatable bonds is 4. The highest BCUT2D eigenvalue weighted by molar-refractivity contribution is 9.10. The molecule has 0 amide bonds. The summed E-state index contributed by atoms with van der Waals surface area (Å²) in [5.74, 6) is 1.77. The Hall–Kier alpha value is -1.28. The van der Waals surface area contributed by atoms with Crippen LogP contribution in [0.5, 0.6) is 5.75 Å². The molecule has 0 atom stereocenters. The number of hydrogen-bond donors (Lipinski definition) is 0. The lowest BCUT2D eigenvalue weighted by Crippen LogP contribution is -1.98. The Kier molecular flexibility index (Phi) is 3.37. The van der Waals surface area contributed by atoms with Crippen molar-refractivity contribution in [3.63, 3.8) is 0 Å². The summed E-state index contributed by atoms with van der Waals surface area (Å²) >= 11 is 3.58. The monoisotopic (exact) mass is 302 g/mol.